The van der Waals surface area contributed by atoms with Crippen LogP contribution in [0.2, 0.25) is 0 Å². The average Bonchev–Trinajstić information content (AvgIpc) is 2.85. The topological polar surface area (TPSA) is 32.8 Å². The molecule has 0 bridgehead atoms. The van der Waals surface area contributed by atoms with Crippen LogP contribution in [0.5, 0.6) is 5.75 Å². The molecule has 4 heteroatoms. The van der Waals surface area contributed by atoms with E-state index in [1.54, 1.807) is 7.11 Å². The summed E-state index contributed by atoms with van der Waals surface area (Å²) in [5.74, 6) is 1.36. The van der Waals surface area contributed by atoms with Crippen LogP contribution in [0.25, 0.3) is 0 Å². The number of hydrogen-bond acceptors (Lipinski definition) is 3. The Morgan fingerprint density at radius 3 is 2.57 bits per heavy atom. The summed E-state index contributed by atoms with van der Waals surface area (Å²) >= 11 is 0. The lowest BCUT2D eigenvalue weighted by atomic mass is 10.1. The first-order valence-corrected chi connectivity index (χ1v) is 7.26. The molecule has 1 amide bonds. The van der Waals surface area contributed by atoms with Gasteiger partial charge in [0, 0.05) is 25.4 Å². The maximum absolute atomic E-state index is 12.1. The van der Waals surface area contributed by atoms with Gasteiger partial charge in [-0.25, -0.2) is 0 Å². The number of rotatable bonds is 6. The summed E-state index contributed by atoms with van der Waals surface area (Å²) in [7, 11) is 5.75. The van der Waals surface area contributed by atoms with Crippen LogP contribution in [-0.4, -0.2) is 50.0 Å². The second-order valence-corrected chi connectivity index (χ2v) is 5.75. The third-order valence-corrected chi connectivity index (χ3v) is 4.09. The molecule has 2 atom stereocenters. The van der Waals surface area contributed by atoms with Crippen LogP contribution >= 0.6 is 0 Å². The Hall–Kier alpha value is -1.81. The molecule has 1 heterocycles. The third kappa shape index (κ3) is 3.64. The summed E-state index contributed by atoms with van der Waals surface area (Å²) in [5.41, 5.74) is 1.19. The molecule has 1 fully saturated rings. The second-order valence-electron chi connectivity index (χ2n) is 5.75. The smallest absolute Gasteiger partial charge is 0.223 e. The SMILES string of the molecule is C=CC1CC(=O)N(CC(c2ccc(OC)cc2)N(C)C)C1. The molecule has 2 unspecified atom stereocenters. The highest BCUT2D eigenvalue weighted by Crippen LogP contribution is 2.26. The zero-order valence-electron chi connectivity index (χ0n) is 13.1. The Bertz CT molecular complexity index is 496. The average molecular weight is 288 g/mol. The normalized spacial score (nSPS) is 19.9. The predicted molar refractivity (Wildman–Crippen MR) is 84.3 cm³/mol. The zero-order valence-corrected chi connectivity index (χ0v) is 13.1. The van der Waals surface area contributed by atoms with Gasteiger partial charge in [-0.3, -0.25) is 4.79 Å². The van der Waals surface area contributed by atoms with Gasteiger partial charge < -0.3 is 14.5 Å². The van der Waals surface area contributed by atoms with E-state index >= 15 is 0 Å². The molecule has 0 aliphatic carbocycles. The Labute approximate surface area is 127 Å². The molecule has 1 saturated heterocycles. The number of benzene rings is 1. The monoisotopic (exact) mass is 288 g/mol. The van der Waals surface area contributed by atoms with E-state index in [-0.39, 0.29) is 17.9 Å². The molecule has 4 nitrogen and oxygen atoms in total. The molecule has 0 saturated carbocycles. The molecule has 1 aliphatic heterocycles. The highest BCUT2D eigenvalue weighted by molar-refractivity contribution is 5.79. The summed E-state index contributed by atoms with van der Waals surface area (Å²) in [6, 6.07) is 8.24. The van der Waals surface area contributed by atoms with Gasteiger partial charge in [-0.05, 0) is 31.8 Å². The number of methoxy groups -OCH3 is 1. The van der Waals surface area contributed by atoms with Crippen LogP contribution in [0.4, 0.5) is 0 Å². The van der Waals surface area contributed by atoms with Gasteiger partial charge in [-0.2, -0.15) is 0 Å². The van der Waals surface area contributed by atoms with Gasteiger partial charge in [0.1, 0.15) is 5.75 Å². The third-order valence-electron chi connectivity index (χ3n) is 4.09. The molecule has 0 radical (unpaired) electrons. The molecule has 114 valence electrons. The Morgan fingerprint density at radius 2 is 2.10 bits per heavy atom. The highest BCUT2D eigenvalue weighted by atomic mass is 16.5. The van der Waals surface area contributed by atoms with E-state index in [9.17, 15) is 4.79 Å². The molecule has 1 aliphatic rings. The Kier molecular flexibility index (Phi) is 5.02. The Balaban J connectivity index is 2.12. The van der Waals surface area contributed by atoms with Crippen molar-refractivity contribution in [2.75, 3.05) is 34.3 Å². The minimum atomic E-state index is 0.184. The standard InChI is InChI=1S/C17H24N2O2/c1-5-13-10-17(20)19(11-13)12-16(18(2)3)14-6-8-15(21-4)9-7-14/h5-9,13,16H,1,10-12H2,2-4H3. The van der Waals surface area contributed by atoms with E-state index < -0.39 is 0 Å². The van der Waals surface area contributed by atoms with Gasteiger partial charge in [-0.15, -0.1) is 6.58 Å². The summed E-state index contributed by atoms with van der Waals surface area (Å²) in [6.07, 6.45) is 2.47. The summed E-state index contributed by atoms with van der Waals surface area (Å²) in [4.78, 5) is 16.2. The predicted octanol–water partition coefficient (Wildman–Crippen LogP) is 2.33. The fraction of sp³-hybridized carbons (Fsp3) is 0.471. The first-order valence-electron chi connectivity index (χ1n) is 7.26. The summed E-state index contributed by atoms with van der Waals surface area (Å²) < 4.78 is 5.20. The highest BCUT2D eigenvalue weighted by Gasteiger charge is 2.30. The van der Waals surface area contributed by atoms with E-state index in [0.29, 0.717) is 13.0 Å². The number of ether oxygens (including phenoxy) is 1. The molecule has 21 heavy (non-hydrogen) atoms. The van der Waals surface area contributed by atoms with Crippen LogP contribution < -0.4 is 4.74 Å². The molecular formula is C17H24N2O2. The lowest BCUT2D eigenvalue weighted by Crippen LogP contribution is -2.35. The molecule has 0 aromatic heterocycles. The number of carbonyl (C=O) groups excluding carboxylic acids is 1. The quantitative estimate of drug-likeness (QED) is 0.753. The van der Waals surface area contributed by atoms with Crippen LogP contribution in [0.15, 0.2) is 36.9 Å². The maximum Gasteiger partial charge on any atom is 0.223 e. The van der Waals surface area contributed by atoms with E-state index in [1.165, 1.54) is 5.56 Å². The zero-order chi connectivity index (χ0) is 15.4. The summed E-state index contributed by atoms with van der Waals surface area (Å²) in [5, 5.41) is 0. The first-order chi connectivity index (χ1) is 10.0. The van der Waals surface area contributed by atoms with Gasteiger partial charge in [0.05, 0.1) is 13.2 Å². The van der Waals surface area contributed by atoms with Crippen molar-refractivity contribution < 1.29 is 9.53 Å². The van der Waals surface area contributed by atoms with Crippen molar-refractivity contribution in [1.29, 1.82) is 0 Å². The van der Waals surface area contributed by atoms with Gasteiger partial charge in [-0.1, -0.05) is 18.2 Å². The first kappa shape index (κ1) is 15.6. The van der Waals surface area contributed by atoms with Crippen molar-refractivity contribution >= 4 is 5.91 Å². The molecule has 0 spiro atoms. The molecule has 1 aromatic rings. The molecule has 0 N–H and O–H groups in total. The van der Waals surface area contributed by atoms with Crippen molar-refractivity contribution in [2.24, 2.45) is 5.92 Å². The van der Waals surface area contributed by atoms with E-state index in [1.807, 2.05) is 37.2 Å². The van der Waals surface area contributed by atoms with E-state index in [2.05, 4.69) is 23.6 Å². The number of carbonyl (C=O) groups is 1. The van der Waals surface area contributed by atoms with Crippen LogP contribution in [-0.2, 0) is 4.79 Å². The largest absolute Gasteiger partial charge is 0.497 e. The van der Waals surface area contributed by atoms with Gasteiger partial charge in [0.2, 0.25) is 5.91 Å². The van der Waals surface area contributed by atoms with Crippen molar-refractivity contribution in [3.63, 3.8) is 0 Å². The fourth-order valence-corrected chi connectivity index (χ4v) is 2.74. The minimum Gasteiger partial charge on any atom is -0.497 e. The summed E-state index contributed by atoms with van der Waals surface area (Å²) in [6.45, 7) is 5.29. The number of amides is 1. The van der Waals surface area contributed by atoms with Crippen LogP contribution in [0.3, 0.4) is 0 Å². The Morgan fingerprint density at radius 1 is 1.43 bits per heavy atom. The van der Waals surface area contributed by atoms with E-state index in [4.69, 9.17) is 4.74 Å². The van der Waals surface area contributed by atoms with Crippen molar-refractivity contribution in [3.05, 3.63) is 42.5 Å². The van der Waals surface area contributed by atoms with Gasteiger partial charge in [0.15, 0.2) is 0 Å². The lowest BCUT2D eigenvalue weighted by molar-refractivity contribution is -0.128. The second kappa shape index (κ2) is 6.76. The van der Waals surface area contributed by atoms with Gasteiger partial charge in [0.25, 0.3) is 0 Å². The molecule has 1 aromatic carbocycles. The number of nitrogens with zero attached hydrogens (tertiary/aromatic N) is 2. The number of hydrogen-bond donors (Lipinski definition) is 0. The molecule has 2 rings (SSSR count). The number of likely N-dealkylation sites (tertiary alicyclic amines) is 1. The molecular weight excluding hydrogens is 264 g/mol. The minimum absolute atomic E-state index is 0.184. The van der Waals surface area contributed by atoms with Crippen LogP contribution in [0.1, 0.15) is 18.0 Å². The fourth-order valence-electron chi connectivity index (χ4n) is 2.74. The lowest BCUT2D eigenvalue weighted by Gasteiger charge is -2.29. The maximum atomic E-state index is 12.1. The van der Waals surface area contributed by atoms with Gasteiger partial charge >= 0.3 is 0 Å². The number of likely N-dealkylation sites (N-methyl/N-ethyl adjacent to an activating group) is 1. The van der Waals surface area contributed by atoms with Crippen LogP contribution in [0, 0.1) is 5.92 Å². The van der Waals surface area contributed by atoms with E-state index in [0.717, 1.165) is 12.3 Å². The van der Waals surface area contributed by atoms with Crippen molar-refractivity contribution in [2.45, 2.75) is 12.5 Å². The van der Waals surface area contributed by atoms with Crippen molar-refractivity contribution in [3.8, 4) is 5.75 Å². The van der Waals surface area contributed by atoms with Crippen molar-refractivity contribution in [1.82, 2.24) is 9.80 Å².